The number of nitrogens with zero attached hydrogens (tertiary/aromatic N) is 1. The molecule has 0 radical (unpaired) electrons. The molecular weight excluding hydrogens is 268 g/mol. The first-order chi connectivity index (χ1) is 9.46. The standard InChI is InChI=1S/C16H28N2OS/c1-5-16(3,4)13-7-6-12(9-17)14(8-13)20-15-18-11(2)10-19-15/h10,12-14H,5-9,17H2,1-4H3. The summed E-state index contributed by atoms with van der Waals surface area (Å²) in [6, 6.07) is 0. The second-order valence-electron chi connectivity index (χ2n) is 6.76. The van der Waals surface area contributed by atoms with Crippen LogP contribution in [0.25, 0.3) is 0 Å². The Morgan fingerprint density at radius 3 is 2.75 bits per heavy atom. The van der Waals surface area contributed by atoms with Crippen LogP contribution in [0, 0.1) is 24.2 Å². The van der Waals surface area contributed by atoms with Crippen molar-refractivity contribution in [3.63, 3.8) is 0 Å². The van der Waals surface area contributed by atoms with Crippen LogP contribution in [0.15, 0.2) is 15.9 Å². The quantitative estimate of drug-likeness (QED) is 0.882. The Hall–Kier alpha value is -0.480. The minimum Gasteiger partial charge on any atom is -0.440 e. The van der Waals surface area contributed by atoms with Gasteiger partial charge in [0.05, 0.1) is 5.69 Å². The molecule has 4 heteroatoms. The van der Waals surface area contributed by atoms with Crippen LogP contribution in [0.2, 0.25) is 0 Å². The lowest BCUT2D eigenvalue weighted by molar-refractivity contribution is 0.134. The third-order valence-corrected chi connectivity index (χ3v) is 6.37. The van der Waals surface area contributed by atoms with Crippen molar-refractivity contribution in [3.05, 3.63) is 12.0 Å². The molecule has 0 amide bonds. The van der Waals surface area contributed by atoms with Crippen LogP contribution >= 0.6 is 11.8 Å². The number of nitrogens with two attached hydrogens (primary N) is 1. The highest BCUT2D eigenvalue weighted by Gasteiger charge is 2.37. The lowest BCUT2D eigenvalue weighted by atomic mass is 9.67. The van der Waals surface area contributed by atoms with Crippen molar-refractivity contribution in [2.24, 2.45) is 23.0 Å². The van der Waals surface area contributed by atoms with Crippen molar-refractivity contribution in [2.45, 2.75) is 63.9 Å². The van der Waals surface area contributed by atoms with Crippen LogP contribution in [0.4, 0.5) is 0 Å². The van der Waals surface area contributed by atoms with Crippen molar-refractivity contribution in [1.82, 2.24) is 4.98 Å². The number of aryl methyl sites for hydroxylation is 1. The SMILES string of the molecule is CCC(C)(C)C1CCC(CN)C(Sc2nc(C)co2)C1. The summed E-state index contributed by atoms with van der Waals surface area (Å²) >= 11 is 1.79. The van der Waals surface area contributed by atoms with E-state index in [4.69, 9.17) is 10.2 Å². The lowest BCUT2D eigenvalue weighted by Crippen LogP contribution is -2.37. The van der Waals surface area contributed by atoms with Gasteiger partial charge in [-0.05, 0) is 50.0 Å². The van der Waals surface area contributed by atoms with E-state index in [-0.39, 0.29) is 0 Å². The van der Waals surface area contributed by atoms with Gasteiger partial charge < -0.3 is 10.2 Å². The molecule has 0 aliphatic heterocycles. The molecule has 1 heterocycles. The minimum atomic E-state index is 0.422. The molecule has 1 aromatic heterocycles. The first kappa shape index (κ1) is 15.9. The average molecular weight is 296 g/mol. The van der Waals surface area contributed by atoms with Gasteiger partial charge in [-0.3, -0.25) is 0 Å². The molecule has 1 fully saturated rings. The van der Waals surface area contributed by atoms with Crippen LogP contribution in [0.5, 0.6) is 0 Å². The van der Waals surface area contributed by atoms with Crippen LogP contribution in [0.3, 0.4) is 0 Å². The van der Waals surface area contributed by atoms with Gasteiger partial charge in [0, 0.05) is 5.25 Å². The van der Waals surface area contributed by atoms with Crippen molar-refractivity contribution < 1.29 is 4.42 Å². The lowest BCUT2D eigenvalue weighted by Gasteiger charge is -2.42. The molecule has 1 aliphatic carbocycles. The van der Waals surface area contributed by atoms with Gasteiger partial charge in [0.1, 0.15) is 6.26 Å². The Labute approximate surface area is 127 Å². The monoisotopic (exact) mass is 296 g/mol. The molecule has 0 bridgehead atoms. The van der Waals surface area contributed by atoms with E-state index in [1.807, 2.05) is 6.92 Å². The van der Waals surface area contributed by atoms with E-state index in [9.17, 15) is 0 Å². The summed E-state index contributed by atoms with van der Waals surface area (Å²) in [5, 5.41) is 1.35. The third-order valence-electron chi connectivity index (χ3n) is 5.10. The highest BCUT2D eigenvalue weighted by molar-refractivity contribution is 7.99. The largest absolute Gasteiger partial charge is 0.440 e. The molecule has 1 saturated carbocycles. The molecule has 0 aromatic carbocycles. The Balaban J connectivity index is 2.06. The van der Waals surface area contributed by atoms with Gasteiger partial charge in [0.25, 0.3) is 5.22 Å². The zero-order valence-electron chi connectivity index (χ0n) is 13.2. The molecule has 3 unspecified atom stereocenters. The van der Waals surface area contributed by atoms with Crippen molar-refractivity contribution in [1.29, 1.82) is 0 Å². The van der Waals surface area contributed by atoms with Crippen molar-refractivity contribution >= 4 is 11.8 Å². The number of aromatic nitrogens is 1. The Kier molecular flexibility index (Phi) is 5.19. The Bertz CT molecular complexity index is 430. The Morgan fingerprint density at radius 1 is 1.45 bits per heavy atom. The van der Waals surface area contributed by atoms with Gasteiger partial charge in [-0.15, -0.1) is 0 Å². The van der Waals surface area contributed by atoms with Gasteiger partial charge in [-0.25, -0.2) is 4.98 Å². The fourth-order valence-electron chi connectivity index (χ4n) is 3.12. The molecule has 114 valence electrons. The summed E-state index contributed by atoms with van der Waals surface area (Å²) in [6.07, 6.45) is 6.75. The van der Waals surface area contributed by atoms with Crippen molar-refractivity contribution in [3.8, 4) is 0 Å². The predicted molar refractivity (Wildman–Crippen MR) is 84.8 cm³/mol. The summed E-state index contributed by atoms with van der Waals surface area (Å²) in [7, 11) is 0. The first-order valence-corrected chi connectivity index (χ1v) is 8.63. The summed E-state index contributed by atoms with van der Waals surface area (Å²) < 4.78 is 5.52. The van der Waals surface area contributed by atoms with Crippen LogP contribution in [-0.2, 0) is 0 Å². The molecule has 0 saturated heterocycles. The predicted octanol–water partition coefficient (Wildman–Crippen LogP) is 4.25. The van der Waals surface area contributed by atoms with E-state index in [2.05, 4.69) is 25.8 Å². The van der Waals surface area contributed by atoms with Crippen molar-refractivity contribution in [2.75, 3.05) is 6.54 Å². The highest BCUT2D eigenvalue weighted by atomic mass is 32.2. The number of thioether (sulfide) groups is 1. The smallest absolute Gasteiger partial charge is 0.256 e. The van der Waals surface area contributed by atoms with Gasteiger partial charge in [-0.2, -0.15) is 0 Å². The van der Waals surface area contributed by atoms with Crippen LogP contribution in [0.1, 0.15) is 52.1 Å². The summed E-state index contributed by atoms with van der Waals surface area (Å²) in [4.78, 5) is 4.44. The number of hydrogen-bond donors (Lipinski definition) is 1. The highest BCUT2D eigenvalue weighted by Crippen LogP contribution is 2.46. The topological polar surface area (TPSA) is 52.0 Å². The second-order valence-corrected chi connectivity index (χ2v) is 7.95. The average Bonchev–Trinajstić information content (AvgIpc) is 2.84. The van der Waals surface area contributed by atoms with Gasteiger partial charge in [-0.1, -0.05) is 39.0 Å². The van der Waals surface area contributed by atoms with E-state index in [0.717, 1.165) is 23.4 Å². The number of hydrogen-bond acceptors (Lipinski definition) is 4. The molecular formula is C16H28N2OS. The van der Waals surface area contributed by atoms with Gasteiger partial charge >= 0.3 is 0 Å². The maximum absolute atomic E-state index is 5.98. The Morgan fingerprint density at radius 2 is 2.20 bits per heavy atom. The maximum Gasteiger partial charge on any atom is 0.256 e. The fraction of sp³-hybridized carbons (Fsp3) is 0.812. The summed E-state index contributed by atoms with van der Waals surface area (Å²) in [5.41, 5.74) is 7.35. The van der Waals surface area contributed by atoms with E-state index >= 15 is 0 Å². The summed E-state index contributed by atoms with van der Waals surface area (Å²) in [5.74, 6) is 1.37. The third kappa shape index (κ3) is 3.59. The fourth-order valence-corrected chi connectivity index (χ4v) is 4.45. The zero-order valence-corrected chi connectivity index (χ0v) is 14.0. The van der Waals surface area contributed by atoms with E-state index < -0.39 is 0 Å². The number of rotatable bonds is 5. The van der Waals surface area contributed by atoms with E-state index in [0.29, 0.717) is 16.6 Å². The molecule has 2 N–H and O–H groups in total. The molecule has 1 aromatic rings. The van der Waals surface area contributed by atoms with Gasteiger partial charge in [0.2, 0.25) is 0 Å². The maximum atomic E-state index is 5.98. The minimum absolute atomic E-state index is 0.422. The van der Waals surface area contributed by atoms with E-state index in [1.165, 1.54) is 25.7 Å². The van der Waals surface area contributed by atoms with Gasteiger partial charge in [0.15, 0.2) is 0 Å². The molecule has 1 aliphatic rings. The van der Waals surface area contributed by atoms with Crippen LogP contribution in [-0.4, -0.2) is 16.8 Å². The summed E-state index contributed by atoms with van der Waals surface area (Å²) in [6.45, 7) is 9.85. The molecule has 3 atom stereocenters. The molecule has 0 spiro atoms. The zero-order chi connectivity index (χ0) is 14.8. The molecule has 3 nitrogen and oxygen atoms in total. The molecule has 2 rings (SSSR count). The van der Waals surface area contributed by atoms with Crippen LogP contribution < -0.4 is 5.73 Å². The normalized spacial score (nSPS) is 27.8. The first-order valence-electron chi connectivity index (χ1n) is 7.75. The number of oxazole rings is 1. The molecule has 20 heavy (non-hydrogen) atoms. The second kappa shape index (κ2) is 6.52. The van der Waals surface area contributed by atoms with E-state index in [1.54, 1.807) is 18.0 Å².